The summed E-state index contributed by atoms with van der Waals surface area (Å²) in [6.45, 7) is 1.11. The lowest BCUT2D eigenvalue weighted by atomic mass is 9.95. The highest BCUT2D eigenvalue weighted by molar-refractivity contribution is 7.92. The first-order valence-electron chi connectivity index (χ1n) is 12.3. The Balaban J connectivity index is 1.92. The molecule has 1 N–H and O–H groups in total. The molecule has 37 heavy (non-hydrogen) atoms. The molecule has 3 rings (SSSR count). The Labute approximate surface area is 221 Å². The topological polar surface area (TPSA) is 86.8 Å². The van der Waals surface area contributed by atoms with Crippen LogP contribution in [0, 0.1) is 11.6 Å². The van der Waals surface area contributed by atoms with Crippen molar-refractivity contribution >= 4 is 39.1 Å². The summed E-state index contributed by atoms with van der Waals surface area (Å²) in [7, 11) is -3.98. The van der Waals surface area contributed by atoms with Gasteiger partial charge in [-0.25, -0.2) is 17.2 Å². The highest BCUT2D eigenvalue weighted by Gasteiger charge is 2.33. The van der Waals surface area contributed by atoms with Crippen LogP contribution in [-0.2, 0) is 26.2 Å². The second kappa shape index (κ2) is 12.7. The quantitative estimate of drug-likeness (QED) is 0.463. The first kappa shape index (κ1) is 28.8. The zero-order chi connectivity index (χ0) is 27.2. The Morgan fingerprint density at radius 2 is 1.73 bits per heavy atom. The number of rotatable bonds is 10. The number of nitrogens with one attached hydrogen (secondary N) is 1. The van der Waals surface area contributed by atoms with Gasteiger partial charge in [0.05, 0.1) is 17.0 Å². The predicted octanol–water partition coefficient (Wildman–Crippen LogP) is 4.64. The summed E-state index contributed by atoms with van der Waals surface area (Å²) in [6.07, 6.45) is 6.09. The minimum absolute atomic E-state index is 0.0173. The highest BCUT2D eigenvalue weighted by atomic mass is 35.5. The van der Waals surface area contributed by atoms with Gasteiger partial charge in [-0.15, -0.1) is 0 Å². The van der Waals surface area contributed by atoms with Crippen LogP contribution in [0.4, 0.5) is 14.5 Å². The van der Waals surface area contributed by atoms with Crippen molar-refractivity contribution in [2.75, 3.05) is 17.1 Å². The number of amides is 2. The van der Waals surface area contributed by atoms with E-state index < -0.39 is 40.2 Å². The van der Waals surface area contributed by atoms with E-state index in [9.17, 15) is 26.8 Å². The fourth-order valence-corrected chi connectivity index (χ4v) is 5.52. The zero-order valence-electron chi connectivity index (χ0n) is 20.9. The number of carbonyl (C=O) groups is 2. The van der Waals surface area contributed by atoms with Gasteiger partial charge in [-0.05, 0) is 55.2 Å². The fraction of sp³-hybridized carbons (Fsp3) is 0.462. The van der Waals surface area contributed by atoms with Crippen molar-refractivity contribution in [3.8, 4) is 0 Å². The number of sulfonamides is 1. The van der Waals surface area contributed by atoms with Crippen molar-refractivity contribution in [1.82, 2.24) is 10.2 Å². The molecule has 7 nitrogen and oxygen atoms in total. The Kier molecular flexibility index (Phi) is 9.89. The molecule has 0 unspecified atom stereocenters. The van der Waals surface area contributed by atoms with Gasteiger partial charge in [-0.3, -0.25) is 13.9 Å². The number of nitrogens with zero attached hydrogens (tertiary/aromatic N) is 2. The van der Waals surface area contributed by atoms with Gasteiger partial charge in [0, 0.05) is 12.6 Å². The lowest BCUT2D eigenvalue weighted by Gasteiger charge is -2.34. The maximum Gasteiger partial charge on any atom is 0.244 e. The Bertz CT molecular complexity index is 1200. The molecule has 0 spiro atoms. The lowest BCUT2D eigenvalue weighted by Crippen LogP contribution is -2.53. The molecular formula is C26H32ClF2N3O4S. The molecule has 2 amide bonds. The van der Waals surface area contributed by atoms with E-state index in [0.717, 1.165) is 54.8 Å². The Morgan fingerprint density at radius 3 is 2.30 bits per heavy atom. The van der Waals surface area contributed by atoms with Crippen LogP contribution in [0.5, 0.6) is 0 Å². The third-order valence-electron chi connectivity index (χ3n) is 6.47. The van der Waals surface area contributed by atoms with Crippen LogP contribution >= 0.6 is 11.6 Å². The van der Waals surface area contributed by atoms with E-state index in [1.54, 1.807) is 6.92 Å². The van der Waals surface area contributed by atoms with E-state index in [0.29, 0.717) is 5.56 Å². The smallest absolute Gasteiger partial charge is 0.244 e. The van der Waals surface area contributed by atoms with Crippen LogP contribution in [0.3, 0.4) is 0 Å². The van der Waals surface area contributed by atoms with Gasteiger partial charge in [0.25, 0.3) is 0 Å². The van der Waals surface area contributed by atoms with Crippen molar-refractivity contribution in [1.29, 1.82) is 0 Å². The molecule has 0 heterocycles. The predicted molar refractivity (Wildman–Crippen MR) is 140 cm³/mol. The monoisotopic (exact) mass is 555 g/mol. The summed E-state index contributed by atoms with van der Waals surface area (Å²) in [4.78, 5) is 28.3. The van der Waals surface area contributed by atoms with E-state index >= 15 is 0 Å². The first-order chi connectivity index (χ1) is 17.5. The molecule has 0 aromatic heterocycles. The maximum atomic E-state index is 13.7. The van der Waals surface area contributed by atoms with E-state index in [2.05, 4.69) is 5.32 Å². The number of hydrogen-bond donors (Lipinski definition) is 1. The molecule has 0 saturated heterocycles. The van der Waals surface area contributed by atoms with Gasteiger partial charge in [0.1, 0.15) is 24.2 Å². The van der Waals surface area contributed by atoms with E-state index in [-0.39, 0.29) is 35.6 Å². The first-order valence-corrected chi connectivity index (χ1v) is 14.5. The number of halogens is 3. The largest absolute Gasteiger partial charge is 0.352 e. The van der Waals surface area contributed by atoms with E-state index in [1.807, 2.05) is 0 Å². The van der Waals surface area contributed by atoms with Gasteiger partial charge >= 0.3 is 0 Å². The summed E-state index contributed by atoms with van der Waals surface area (Å²) in [6, 6.07) is 8.03. The van der Waals surface area contributed by atoms with Crippen LogP contribution in [0.2, 0.25) is 5.02 Å². The molecule has 0 radical (unpaired) electrons. The van der Waals surface area contributed by atoms with Gasteiger partial charge in [-0.1, -0.05) is 49.9 Å². The summed E-state index contributed by atoms with van der Waals surface area (Å²) >= 11 is 5.86. The number of anilines is 1. The lowest BCUT2D eigenvalue weighted by molar-refractivity contribution is -0.140. The second-order valence-electron chi connectivity index (χ2n) is 9.28. The average molecular weight is 556 g/mol. The summed E-state index contributed by atoms with van der Waals surface area (Å²) in [5, 5.41) is 2.75. The standard InChI is InChI=1S/C26H32ClF2N3O4S/c1-3-24(26(34)30-20-7-5-4-6-8-20)31(16-18-9-11-19(28)12-10-18)25(33)17-32(37(2,35)36)21-13-14-23(29)22(27)15-21/h9-15,20,24H,3-8,16-17H2,1-2H3,(H,30,34)/t24-/m1/s1. The van der Waals surface area contributed by atoms with E-state index in [1.165, 1.54) is 35.2 Å². The van der Waals surface area contributed by atoms with Crippen molar-refractivity contribution in [2.24, 2.45) is 0 Å². The summed E-state index contributed by atoms with van der Waals surface area (Å²) < 4.78 is 53.3. The van der Waals surface area contributed by atoms with Gasteiger partial charge in [0.15, 0.2) is 0 Å². The van der Waals surface area contributed by atoms with Crippen molar-refractivity contribution in [3.05, 3.63) is 64.7 Å². The maximum absolute atomic E-state index is 13.7. The molecule has 2 aromatic rings. The minimum Gasteiger partial charge on any atom is -0.352 e. The Morgan fingerprint density at radius 1 is 1.08 bits per heavy atom. The van der Waals surface area contributed by atoms with Gasteiger partial charge < -0.3 is 10.2 Å². The van der Waals surface area contributed by atoms with Crippen LogP contribution in [0.15, 0.2) is 42.5 Å². The molecule has 0 aliphatic heterocycles. The molecule has 1 atom stereocenters. The fourth-order valence-electron chi connectivity index (χ4n) is 4.50. The minimum atomic E-state index is -3.98. The molecule has 202 valence electrons. The number of benzene rings is 2. The molecule has 1 aliphatic carbocycles. The molecule has 1 fully saturated rings. The highest BCUT2D eigenvalue weighted by Crippen LogP contribution is 2.25. The molecule has 11 heteroatoms. The van der Waals surface area contributed by atoms with Gasteiger partial charge in [-0.2, -0.15) is 0 Å². The molecule has 2 aromatic carbocycles. The number of hydrogen-bond acceptors (Lipinski definition) is 4. The zero-order valence-corrected chi connectivity index (χ0v) is 22.5. The van der Waals surface area contributed by atoms with Crippen LogP contribution in [-0.4, -0.2) is 50.0 Å². The van der Waals surface area contributed by atoms with E-state index in [4.69, 9.17) is 11.6 Å². The second-order valence-corrected chi connectivity index (χ2v) is 11.6. The third kappa shape index (κ3) is 7.88. The van der Waals surface area contributed by atoms with Crippen molar-refractivity contribution in [3.63, 3.8) is 0 Å². The average Bonchev–Trinajstić information content (AvgIpc) is 2.85. The molecule has 1 saturated carbocycles. The SMILES string of the molecule is CC[C@H](C(=O)NC1CCCCC1)N(Cc1ccc(F)cc1)C(=O)CN(c1ccc(F)c(Cl)c1)S(C)(=O)=O. The van der Waals surface area contributed by atoms with Crippen molar-refractivity contribution < 1.29 is 26.8 Å². The van der Waals surface area contributed by atoms with Crippen LogP contribution in [0.25, 0.3) is 0 Å². The molecule has 1 aliphatic rings. The molecule has 0 bridgehead atoms. The summed E-state index contributed by atoms with van der Waals surface area (Å²) in [5.74, 6) is -2.13. The third-order valence-corrected chi connectivity index (χ3v) is 7.90. The van der Waals surface area contributed by atoms with Gasteiger partial charge in [0.2, 0.25) is 21.8 Å². The van der Waals surface area contributed by atoms with Crippen LogP contribution in [0.1, 0.15) is 51.0 Å². The van der Waals surface area contributed by atoms with Crippen LogP contribution < -0.4 is 9.62 Å². The number of carbonyl (C=O) groups excluding carboxylic acids is 2. The molecular weight excluding hydrogens is 524 g/mol. The summed E-state index contributed by atoms with van der Waals surface area (Å²) in [5.41, 5.74) is 0.595. The van der Waals surface area contributed by atoms with Crippen molar-refractivity contribution in [2.45, 2.75) is 64.1 Å². The Hall–Kier alpha value is -2.72. The normalized spacial score (nSPS) is 15.2.